The van der Waals surface area contributed by atoms with Crippen LogP contribution < -0.4 is 10.6 Å². The SMILES string of the molecule is Cc1nc(C)c(C(=O)Nc2ccc(CC(=O)NCC(=O)O)cc2)s1. The predicted molar refractivity (Wildman–Crippen MR) is 90.3 cm³/mol. The summed E-state index contributed by atoms with van der Waals surface area (Å²) in [6.45, 7) is 3.23. The fourth-order valence-electron chi connectivity index (χ4n) is 2.06. The molecule has 0 saturated carbocycles. The van der Waals surface area contributed by atoms with Gasteiger partial charge in [-0.25, -0.2) is 4.98 Å². The number of carbonyl (C=O) groups is 3. The highest BCUT2D eigenvalue weighted by Gasteiger charge is 2.14. The van der Waals surface area contributed by atoms with Gasteiger partial charge < -0.3 is 15.7 Å². The molecule has 1 heterocycles. The van der Waals surface area contributed by atoms with E-state index in [1.807, 2.05) is 6.92 Å². The number of carboxylic acid groups (broad SMARTS) is 1. The van der Waals surface area contributed by atoms with Gasteiger partial charge in [0.1, 0.15) is 11.4 Å². The molecule has 3 N–H and O–H groups in total. The fraction of sp³-hybridized carbons (Fsp3) is 0.250. The first-order chi connectivity index (χ1) is 11.3. The van der Waals surface area contributed by atoms with Crippen molar-refractivity contribution in [2.75, 3.05) is 11.9 Å². The third-order valence-corrected chi connectivity index (χ3v) is 4.19. The lowest BCUT2D eigenvalue weighted by atomic mass is 10.1. The van der Waals surface area contributed by atoms with E-state index in [1.165, 1.54) is 11.3 Å². The first-order valence-electron chi connectivity index (χ1n) is 7.18. The lowest BCUT2D eigenvalue weighted by Gasteiger charge is -2.06. The molecule has 0 atom stereocenters. The summed E-state index contributed by atoms with van der Waals surface area (Å²) in [5.41, 5.74) is 2.03. The minimum atomic E-state index is -1.09. The summed E-state index contributed by atoms with van der Waals surface area (Å²) in [4.78, 5) is 38.9. The van der Waals surface area contributed by atoms with E-state index in [0.717, 1.165) is 10.6 Å². The second kappa shape index (κ2) is 7.69. The second-order valence-electron chi connectivity index (χ2n) is 5.15. The molecule has 0 saturated heterocycles. The zero-order valence-corrected chi connectivity index (χ0v) is 14.1. The van der Waals surface area contributed by atoms with Crippen LogP contribution in [0.25, 0.3) is 0 Å². The number of aromatic nitrogens is 1. The van der Waals surface area contributed by atoms with Gasteiger partial charge in [-0.05, 0) is 31.5 Å². The topological polar surface area (TPSA) is 108 Å². The monoisotopic (exact) mass is 347 g/mol. The Hall–Kier alpha value is -2.74. The van der Waals surface area contributed by atoms with Crippen molar-refractivity contribution in [1.29, 1.82) is 0 Å². The van der Waals surface area contributed by atoms with Gasteiger partial charge in [0.05, 0.1) is 17.1 Å². The summed E-state index contributed by atoms with van der Waals surface area (Å²) >= 11 is 1.34. The van der Waals surface area contributed by atoms with Gasteiger partial charge in [-0.1, -0.05) is 12.1 Å². The van der Waals surface area contributed by atoms with Gasteiger partial charge in [0, 0.05) is 5.69 Å². The molecule has 0 fully saturated rings. The smallest absolute Gasteiger partial charge is 0.322 e. The van der Waals surface area contributed by atoms with E-state index in [1.54, 1.807) is 31.2 Å². The molecule has 24 heavy (non-hydrogen) atoms. The summed E-state index contributed by atoms with van der Waals surface area (Å²) in [7, 11) is 0. The highest BCUT2D eigenvalue weighted by atomic mass is 32.1. The van der Waals surface area contributed by atoms with Gasteiger partial charge in [0.25, 0.3) is 5.91 Å². The number of rotatable bonds is 6. The molecule has 126 valence electrons. The van der Waals surface area contributed by atoms with Gasteiger partial charge in [0.2, 0.25) is 5.91 Å². The molecule has 1 aromatic heterocycles. The molecule has 8 heteroatoms. The van der Waals surface area contributed by atoms with Gasteiger partial charge in [-0.3, -0.25) is 14.4 Å². The zero-order valence-electron chi connectivity index (χ0n) is 13.3. The molecule has 0 unspecified atom stereocenters. The molecular weight excluding hydrogens is 330 g/mol. The van der Waals surface area contributed by atoms with Crippen LogP contribution in [-0.4, -0.2) is 34.4 Å². The number of benzene rings is 1. The molecule has 2 aromatic rings. The molecule has 0 aliphatic carbocycles. The number of hydrogen-bond acceptors (Lipinski definition) is 5. The highest BCUT2D eigenvalue weighted by molar-refractivity contribution is 7.13. The summed E-state index contributed by atoms with van der Waals surface area (Å²) in [6, 6.07) is 6.81. The number of carboxylic acids is 1. The number of nitrogens with zero attached hydrogens (tertiary/aromatic N) is 1. The minimum Gasteiger partial charge on any atom is -0.480 e. The molecule has 0 spiro atoms. The van der Waals surface area contributed by atoms with Crippen molar-refractivity contribution in [3.8, 4) is 0 Å². The van der Waals surface area contributed by atoms with E-state index in [0.29, 0.717) is 16.3 Å². The second-order valence-corrected chi connectivity index (χ2v) is 6.35. The summed E-state index contributed by atoms with van der Waals surface area (Å²) in [6.07, 6.45) is 0.0780. The zero-order chi connectivity index (χ0) is 17.7. The van der Waals surface area contributed by atoms with Gasteiger partial charge in [-0.2, -0.15) is 0 Å². The van der Waals surface area contributed by atoms with Crippen LogP contribution in [0, 0.1) is 13.8 Å². The molecule has 2 amide bonds. The number of carbonyl (C=O) groups excluding carboxylic acids is 2. The number of nitrogens with one attached hydrogen (secondary N) is 2. The number of hydrogen-bond donors (Lipinski definition) is 3. The molecule has 0 bridgehead atoms. The number of amides is 2. The van der Waals surface area contributed by atoms with Crippen molar-refractivity contribution in [3.05, 3.63) is 45.4 Å². The van der Waals surface area contributed by atoms with Crippen molar-refractivity contribution >= 4 is 34.8 Å². The first kappa shape index (κ1) is 17.6. The van der Waals surface area contributed by atoms with Gasteiger partial charge in [0.15, 0.2) is 0 Å². The van der Waals surface area contributed by atoms with Crippen LogP contribution in [0.4, 0.5) is 5.69 Å². The van der Waals surface area contributed by atoms with Gasteiger partial charge >= 0.3 is 5.97 Å². The minimum absolute atomic E-state index is 0.0780. The Balaban J connectivity index is 1.94. The lowest BCUT2D eigenvalue weighted by molar-refractivity contribution is -0.137. The maximum absolute atomic E-state index is 12.2. The predicted octanol–water partition coefficient (Wildman–Crippen LogP) is 1.76. The number of anilines is 1. The Bertz CT molecular complexity index is 768. The van der Waals surface area contributed by atoms with Crippen molar-refractivity contribution in [1.82, 2.24) is 10.3 Å². The largest absolute Gasteiger partial charge is 0.480 e. The van der Waals surface area contributed by atoms with Crippen LogP contribution in [0.15, 0.2) is 24.3 Å². The lowest BCUT2D eigenvalue weighted by Crippen LogP contribution is -2.30. The summed E-state index contributed by atoms with van der Waals surface area (Å²) < 4.78 is 0. The number of thiazole rings is 1. The highest BCUT2D eigenvalue weighted by Crippen LogP contribution is 2.19. The Morgan fingerprint density at radius 2 is 1.83 bits per heavy atom. The molecule has 7 nitrogen and oxygen atoms in total. The van der Waals surface area contributed by atoms with Crippen LogP contribution in [0.2, 0.25) is 0 Å². The number of aliphatic carboxylic acids is 1. The van der Waals surface area contributed by atoms with Crippen molar-refractivity contribution in [2.45, 2.75) is 20.3 Å². The van der Waals surface area contributed by atoms with Crippen LogP contribution in [0.5, 0.6) is 0 Å². The van der Waals surface area contributed by atoms with Crippen molar-refractivity contribution < 1.29 is 19.5 Å². The third-order valence-electron chi connectivity index (χ3n) is 3.12. The summed E-state index contributed by atoms with van der Waals surface area (Å²) in [5, 5.41) is 14.4. The van der Waals surface area contributed by atoms with Crippen LogP contribution >= 0.6 is 11.3 Å². The molecular formula is C16H17N3O4S. The van der Waals surface area contributed by atoms with Crippen molar-refractivity contribution in [2.24, 2.45) is 0 Å². The molecule has 0 aliphatic rings. The van der Waals surface area contributed by atoms with Gasteiger partial charge in [-0.15, -0.1) is 11.3 Å². The Morgan fingerprint density at radius 1 is 1.17 bits per heavy atom. The molecule has 2 rings (SSSR count). The van der Waals surface area contributed by atoms with E-state index < -0.39 is 12.5 Å². The normalized spacial score (nSPS) is 10.2. The van der Waals surface area contributed by atoms with Crippen LogP contribution in [0.3, 0.4) is 0 Å². The maximum atomic E-state index is 12.2. The average molecular weight is 347 g/mol. The van der Waals surface area contributed by atoms with E-state index in [-0.39, 0.29) is 18.2 Å². The van der Waals surface area contributed by atoms with Crippen LogP contribution in [-0.2, 0) is 16.0 Å². The quantitative estimate of drug-likeness (QED) is 0.738. The third kappa shape index (κ3) is 4.88. The Labute approximate surface area is 142 Å². The standard InChI is InChI=1S/C16H17N3O4S/c1-9-15(24-10(2)18-9)16(23)19-12-5-3-11(4-6-12)7-13(20)17-8-14(21)22/h3-6H,7-8H2,1-2H3,(H,17,20)(H,19,23)(H,21,22). The van der Waals surface area contributed by atoms with E-state index in [9.17, 15) is 14.4 Å². The molecule has 0 radical (unpaired) electrons. The fourth-order valence-corrected chi connectivity index (χ4v) is 2.87. The van der Waals surface area contributed by atoms with E-state index in [2.05, 4.69) is 15.6 Å². The van der Waals surface area contributed by atoms with Crippen molar-refractivity contribution in [3.63, 3.8) is 0 Å². The number of aryl methyl sites for hydroxylation is 2. The summed E-state index contributed by atoms with van der Waals surface area (Å²) in [5.74, 6) is -1.68. The molecule has 0 aliphatic heterocycles. The molecule has 1 aromatic carbocycles. The average Bonchev–Trinajstić information content (AvgIpc) is 2.86. The first-order valence-corrected chi connectivity index (χ1v) is 7.99. The van der Waals surface area contributed by atoms with E-state index >= 15 is 0 Å². The maximum Gasteiger partial charge on any atom is 0.322 e. The Morgan fingerprint density at radius 3 is 2.38 bits per heavy atom. The Kier molecular flexibility index (Phi) is 5.64. The van der Waals surface area contributed by atoms with E-state index in [4.69, 9.17) is 5.11 Å². The van der Waals surface area contributed by atoms with Crippen LogP contribution in [0.1, 0.15) is 25.9 Å².